The first-order valence-corrected chi connectivity index (χ1v) is 6.06. The highest BCUT2D eigenvalue weighted by atomic mass is 19.1. The highest BCUT2D eigenvalue weighted by Gasteiger charge is 2.40. The first-order valence-electron chi connectivity index (χ1n) is 6.06. The van der Waals surface area contributed by atoms with E-state index < -0.39 is 0 Å². The lowest BCUT2D eigenvalue weighted by molar-refractivity contribution is 0.473. The predicted octanol–water partition coefficient (Wildman–Crippen LogP) is 4.50. The van der Waals surface area contributed by atoms with Gasteiger partial charge in [-0.15, -0.1) is 0 Å². The van der Waals surface area contributed by atoms with Crippen molar-refractivity contribution < 1.29 is 8.78 Å². The normalized spacial score (nSPS) is 25.5. The quantitative estimate of drug-likeness (QED) is 0.706. The van der Waals surface area contributed by atoms with Crippen molar-refractivity contribution in [1.29, 1.82) is 0 Å². The maximum absolute atomic E-state index is 13.5. The van der Waals surface area contributed by atoms with E-state index in [1.54, 1.807) is 0 Å². The van der Waals surface area contributed by atoms with Gasteiger partial charge in [-0.3, -0.25) is 0 Å². The Labute approximate surface area is 95.7 Å². The molecule has 1 aromatic rings. The van der Waals surface area contributed by atoms with Crippen LogP contribution in [0.2, 0.25) is 0 Å². The van der Waals surface area contributed by atoms with Crippen LogP contribution in [0.25, 0.3) is 0 Å². The second kappa shape index (κ2) is 4.52. The lowest BCUT2D eigenvalue weighted by Crippen LogP contribution is -1.96. The fourth-order valence-corrected chi connectivity index (χ4v) is 2.37. The molecule has 3 unspecified atom stereocenters. The molecule has 0 heterocycles. The van der Waals surface area contributed by atoms with E-state index in [1.165, 1.54) is 18.2 Å². The largest absolute Gasteiger partial charge is 0.207 e. The standard InChI is InChI=1S/C14H18F2/c1-3-9(2)6-10-7-12(10)13-8-11(15)4-5-14(13)16/h4-5,8-10,12H,3,6-7H2,1-2H3. The first kappa shape index (κ1) is 11.6. The van der Waals surface area contributed by atoms with Gasteiger partial charge in [0.25, 0.3) is 0 Å². The van der Waals surface area contributed by atoms with Crippen LogP contribution in [0.1, 0.15) is 44.6 Å². The third-order valence-electron chi connectivity index (χ3n) is 3.68. The summed E-state index contributed by atoms with van der Waals surface area (Å²) < 4.78 is 26.5. The van der Waals surface area contributed by atoms with Crippen LogP contribution >= 0.6 is 0 Å². The Bertz CT molecular complexity index is 373. The molecule has 0 aromatic heterocycles. The Morgan fingerprint density at radius 2 is 2.12 bits per heavy atom. The second-order valence-electron chi connectivity index (χ2n) is 5.02. The number of hydrogen-bond donors (Lipinski definition) is 0. The van der Waals surface area contributed by atoms with E-state index in [-0.39, 0.29) is 17.6 Å². The van der Waals surface area contributed by atoms with Crippen molar-refractivity contribution in [3.8, 4) is 0 Å². The molecule has 0 radical (unpaired) electrons. The molecular formula is C14H18F2. The fourth-order valence-electron chi connectivity index (χ4n) is 2.37. The van der Waals surface area contributed by atoms with Gasteiger partial charge < -0.3 is 0 Å². The molecule has 88 valence electrons. The van der Waals surface area contributed by atoms with E-state index in [9.17, 15) is 8.78 Å². The Hall–Kier alpha value is -0.920. The summed E-state index contributed by atoms with van der Waals surface area (Å²) in [5.74, 6) is 0.922. The van der Waals surface area contributed by atoms with Crippen molar-refractivity contribution in [2.24, 2.45) is 11.8 Å². The average molecular weight is 224 g/mol. The molecule has 1 aliphatic carbocycles. The summed E-state index contributed by atoms with van der Waals surface area (Å²) in [6.45, 7) is 4.39. The summed E-state index contributed by atoms with van der Waals surface area (Å²) in [6.07, 6.45) is 3.32. The third kappa shape index (κ3) is 2.42. The molecule has 1 saturated carbocycles. The molecule has 0 aliphatic heterocycles. The van der Waals surface area contributed by atoms with Gasteiger partial charge in [0.1, 0.15) is 11.6 Å². The van der Waals surface area contributed by atoms with Crippen molar-refractivity contribution in [3.05, 3.63) is 35.4 Å². The van der Waals surface area contributed by atoms with Crippen LogP contribution in [0.4, 0.5) is 8.78 Å². The third-order valence-corrected chi connectivity index (χ3v) is 3.68. The summed E-state index contributed by atoms with van der Waals surface area (Å²) in [6, 6.07) is 3.78. The Kier molecular flexibility index (Phi) is 3.27. The molecule has 3 atom stereocenters. The van der Waals surface area contributed by atoms with Crippen LogP contribution in [0.15, 0.2) is 18.2 Å². The topological polar surface area (TPSA) is 0 Å². The second-order valence-corrected chi connectivity index (χ2v) is 5.02. The molecule has 0 spiro atoms. The Morgan fingerprint density at radius 3 is 2.81 bits per heavy atom. The highest BCUT2D eigenvalue weighted by molar-refractivity contribution is 5.28. The van der Waals surface area contributed by atoms with Crippen LogP contribution in [-0.4, -0.2) is 0 Å². The van der Waals surface area contributed by atoms with Gasteiger partial charge in [0, 0.05) is 0 Å². The van der Waals surface area contributed by atoms with Crippen LogP contribution in [0.3, 0.4) is 0 Å². The van der Waals surface area contributed by atoms with Gasteiger partial charge in [-0.1, -0.05) is 20.3 Å². The van der Waals surface area contributed by atoms with Crippen molar-refractivity contribution in [3.63, 3.8) is 0 Å². The zero-order chi connectivity index (χ0) is 11.7. The van der Waals surface area contributed by atoms with E-state index in [4.69, 9.17) is 0 Å². The lowest BCUT2D eigenvalue weighted by Gasteiger charge is -2.07. The average Bonchev–Trinajstić information content (AvgIpc) is 3.00. The predicted molar refractivity (Wildman–Crippen MR) is 61.3 cm³/mol. The van der Waals surface area contributed by atoms with Gasteiger partial charge >= 0.3 is 0 Å². The zero-order valence-electron chi connectivity index (χ0n) is 9.84. The molecule has 0 bridgehead atoms. The number of rotatable bonds is 4. The minimum Gasteiger partial charge on any atom is -0.207 e. The summed E-state index contributed by atoms with van der Waals surface area (Å²) in [4.78, 5) is 0. The SMILES string of the molecule is CCC(C)CC1CC1c1cc(F)ccc1F. The van der Waals surface area contributed by atoms with E-state index in [2.05, 4.69) is 13.8 Å². The van der Waals surface area contributed by atoms with Crippen molar-refractivity contribution in [1.82, 2.24) is 0 Å². The smallest absolute Gasteiger partial charge is 0.126 e. The van der Waals surface area contributed by atoms with Gasteiger partial charge in [-0.2, -0.15) is 0 Å². The summed E-state index contributed by atoms with van der Waals surface area (Å²) in [5.41, 5.74) is 0.577. The Morgan fingerprint density at radius 1 is 1.38 bits per heavy atom. The highest BCUT2D eigenvalue weighted by Crippen LogP contribution is 2.51. The number of benzene rings is 1. The zero-order valence-corrected chi connectivity index (χ0v) is 9.84. The molecule has 2 rings (SSSR count). The van der Waals surface area contributed by atoms with Gasteiger partial charge in [0.15, 0.2) is 0 Å². The van der Waals surface area contributed by atoms with Crippen molar-refractivity contribution >= 4 is 0 Å². The van der Waals surface area contributed by atoms with Crippen molar-refractivity contribution in [2.75, 3.05) is 0 Å². The minimum absolute atomic E-state index is 0.252. The van der Waals surface area contributed by atoms with E-state index >= 15 is 0 Å². The summed E-state index contributed by atoms with van der Waals surface area (Å²) >= 11 is 0. The van der Waals surface area contributed by atoms with Crippen LogP contribution < -0.4 is 0 Å². The van der Waals surface area contributed by atoms with Crippen LogP contribution in [-0.2, 0) is 0 Å². The van der Waals surface area contributed by atoms with Crippen LogP contribution in [0, 0.1) is 23.5 Å². The van der Waals surface area contributed by atoms with E-state index in [0.29, 0.717) is 17.4 Å². The van der Waals surface area contributed by atoms with Crippen LogP contribution in [0.5, 0.6) is 0 Å². The van der Waals surface area contributed by atoms with E-state index in [1.807, 2.05) is 0 Å². The Balaban J connectivity index is 2.02. The van der Waals surface area contributed by atoms with E-state index in [0.717, 1.165) is 19.3 Å². The molecule has 0 amide bonds. The number of hydrogen-bond acceptors (Lipinski definition) is 0. The molecule has 1 aliphatic rings. The monoisotopic (exact) mass is 224 g/mol. The molecular weight excluding hydrogens is 206 g/mol. The first-order chi connectivity index (χ1) is 7.61. The lowest BCUT2D eigenvalue weighted by atomic mass is 9.99. The molecule has 0 saturated heterocycles. The summed E-state index contributed by atoms with van der Waals surface area (Å²) in [7, 11) is 0. The molecule has 2 heteroatoms. The molecule has 0 N–H and O–H groups in total. The minimum atomic E-state index is -0.328. The van der Waals surface area contributed by atoms with Gasteiger partial charge in [-0.05, 0) is 54.4 Å². The maximum atomic E-state index is 13.5. The van der Waals surface area contributed by atoms with Gasteiger partial charge in [-0.25, -0.2) is 8.78 Å². The molecule has 16 heavy (non-hydrogen) atoms. The van der Waals surface area contributed by atoms with Gasteiger partial charge in [0.05, 0.1) is 0 Å². The van der Waals surface area contributed by atoms with Crippen molar-refractivity contribution in [2.45, 2.75) is 39.0 Å². The fraction of sp³-hybridized carbons (Fsp3) is 0.571. The molecule has 1 aromatic carbocycles. The number of halogens is 2. The molecule has 0 nitrogen and oxygen atoms in total. The summed E-state index contributed by atoms with van der Waals surface area (Å²) in [5, 5.41) is 0. The maximum Gasteiger partial charge on any atom is 0.126 e. The molecule has 1 fully saturated rings. The van der Waals surface area contributed by atoms with Gasteiger partial charge in [0.2, 0.25) is 0 Å².